The minimum Gasteiger partial charge on any atom is -0.497 e. The van der Waals surface area contributed by atoms with Crippen LogP contribution in [-0.4, -0.2) is 18.8 Å². The Bertz CT molecular complexity index is 1610. The van der Waals surface area contributed by atoms with Crippen molar-refractivity contribution in [2.45, 2.75) is 31.7 Å². The van der Waals surface area contributed by atoms with Crippen molar-refractivity contribution in [3.8, 4) is 5.75 Å². The summed E-state index contributed by atoms with van der Waals surface area (Å²) in [5, 5.41) is 3.55. The lowest BCUT2D eigenvalue weighted by atomic mass is 9.78. The van der Waals surface area contributed by atoms with Crippen molar-refractivity contribution in [3.63, 3.8) is 0 Å². The molecular weight excluding hydrogens is 503 g/mol. The molecule has 1 aliphatic heterocycles. The number of benzene rings is 4. The van der Waals surface area contributed by atoms with Crippen molar-refractivity contribution in [1.82, 2.24) is 0 Å². The third-order valence-electron chi connectivity index (χ3n) is 7.75. The Morgan fingerprint density at radius 3 is 2.30 bits per heavy atom. The first-order chi connectivity index (χ1) is 19.4. The van der Waals surface area contributed by atoms with Gasteiger partial charge in [0, 0.05) is 23.3 Å². The molecule has 2 atom stereocenters. The Hall–Kier alpha value is -4.71. The van der Waals surface area contributed by atoms with Gasteiger partial charge in [-0.1, -0.05) is 48.5 Å². The number of hydrogen-bond donors (Lipinski definition) is 1. The van der Waals surface area contributed by atoms with Crippen LogP contribution in [0.25, 0.3) is 0 Å². The fourth-order valence-electron chi connectivity index (χ4n) is 5.76. The number of allylic oxidation sites excluding steroid dienone is 1. The number of carbonyl (C=O) groups excluding carboxylic acids is 2. The number of ether oxygens (including phenoxy) is 1. The van der Waals surface area contributed by atoms with Gasteiger partial charge in [0.1, 0.15) is 11.6 Å². The van der Waals surface area contributed by atoms with E-state index >= 15 is 0 Å². The number of Topliss-reactive ketones (excluding diaryl/α,β-unsaturated/α-hetero) is 1. The van der Waals surface area contributed by atoms with E-state index in [2.05, 4.69) is 5.32 Å². The average molecular weight is 533 g/mol. The number of nitrogens with zero attached hydrogens (tertiary/aromatic N) is 1. The molecule has 4 aromatic carbocycles. The number of ketones is 1. The largest absolute Gasteiger partial charge is 0.497 e. The first kappa shape index (κ1) is 25.6. The molecule has 1 heterocycles. The molecule has 1 aliphatic carbocycles. The molecule has 0 saturated carbocycles. The summed E-state index contributed by atoms with van der Waals surface area (Å²) in [7, 11) is 1.63. The van der Waals surface area contributed by atoms with Crippen LogP contribution in [-0.2, 0) is 4.79 Å². The van der Waals surface area contributed by atoms with Gasteiger partial charge in [0.15, 0.2) is 5.78 Å². The Kier molecular flexibility index (Phi) is 6.68. The summed E-state index contributed by atoms with van der Waals surface area (Å²) in [6, 6.07) is 28.1. The fourth-order valence-corrected chi connectivity index (χ4v) is 5.76. The van der Waals surface area contributed by atoms with Crippen molar-refractivity contribution in [3.05, 3.63) is 136 Å². The van der Waals surface area contributed by atoms with Gasteiger partial charge in [-0.05, 0) is 84.5 Å². The van der Waals surface area contributed by atoms with Crippen molar-refractivity contribution in [1.29, 1.82) is 0 Å². The molecule has 0 fully saturated rings. The second kappa shape index (κ2) is 10.5. The zero-order valence-corrected chi connectivity index (χ0v) is 22.4. The van der Waals surface area contributed by atoms with Gasteiger partial charge in [-0.15, -0.1) is 0 Å². The summed E-state index contributed by atoms with van der Waals surface area (Å²) < 4.78 is 19.4. The zero-order valence-electron chi connectivity index (χ0n) is 22.4. The van der Waals surface area contributed by atoms with Crippen molar-refractivity contribution >= 4 is 23.1 Å². The summed E-state index contributed by atoms with van der Waals surface area (Å²) in [5.74, 6) is 0.0658. The molecule has 1 amide bonds. The number of halogens is 1. The number of amides is 1. The third kappa shape index (κ3) is 4.66. The summed E-state index contributed by atoms with van der Waals surface area (Å²) >= 11 is 0. The number of aryl methyl sites for hydroxylation is 1. The molecule has 4 aromatic rings. The van der Waals surface area contributed by atoms with Gasteiger partial charge < -0.3 is 10.1 Å². The molecule has 2 aliphatic rings. The van der Waals surface area contributed by atoms with Gasteiger partial charge >= 0.3 is 0 Å². The van der Waals surface area contributed by atoms with Crippen molar-refractivity contribution in [2.24, 2.45) is 0 Å². The minimum atomic E-state index is -0.733. The molecule has 2 unspecified atom stereocenters. The highest BCUT2D eigenvalue weighted by atomic mass is 19.1. The highest BCUT2D eigenvalue weighted by molar-refractivity contribution is 6.12. The molecule has 0 radical (unpaired) electrons. The van der Waals surface area contributed by atoms with Crippen LogP contribution >= 0.6 is 0 Å². The molecule has 200 valence electrons. The maximum Gasteiger partial charge on any atom is 0.259 e. The van der Waals surface area contributed by atoms with Crippen LogP contribution < -0.4 is 15.0 Å². The molecule has 0 saturated heterocycles. The SMILES string of the molecule is COc1ccc(C2CC(=O)C3=C(C2)Nc2ccc(C)cc2N(C(=O)c2ccccc2)C3c2ccc(F)cc2)cc1. The Morgan fingerprint density at radius 2 is 1.60 bits per heavy atom. The van der Waals surface area contributed by atoms with Crippen LogP contribution in [0, 0.1) is 12.7 Å². The first-order valence-electron chi connectivity index (χ1n) is 13.3. The zero-order chi connectivity index (χ0) is 27.8. The van der Waals surface area contributed by atoms with Gasteiger partial charge in [-0.3, -0.25) is 14.5 Å². The second-order valence-corrected chi connectivity index (χ2v) is 10.3. The maximum absolute atomic E-state index is 14.3. The van der Waals surface area contributed by atoms with E-state index < -0.39 is 6.04 Å². The Labute approximate surface area is 232 Å². The fraction of sp³-hybridized carbons (Fsp3) is 0.176. The lowest BCUT2D eigenvalue weighted by Crippen LogP contribution is -2.38. The predicted octanol–water partition coefficient (Wildman–Crippen LogP) is 7.36. The number of hydrogen-bond acceptors (Lipinski definition) is 4. The van der Waals surface area contributed by atoms with E-state index in [-0.39, 0.29) is 23.4 Å². The van der Waals surface area contributed by atoms with Gasteiger partial charge in [0.25, 0.3) is 5.91 Å². The number of methoxy groups -OCH3 is 1. The highest BCUT2D eigenvalue weighted by Gasteiger charge is 2.42. The molecule has 5 nitrogen and oxygen atoms in total. The number of carbonyl (C=O) groups is 2. The van der Waals surface area contributed by atoms with E-state index in [4.69, 9.17) is 4.74 Å². The van der Waals surface area contributed by atoms with E-state index in [0.717, 1.165) is 28.3 Å². The predicted molar refractivity (Wildman–Crippen MR) is 154 cm³/mol. The second-order valence-electron chi connectivity index (χ2n) is 10.3. The quantitative estimate of drug-likeness (QED) is 0.298. The van der Waals surface area contributed by atoms with E-state index in [0.29, 0.717) is 35.2 Å². The van der Waals surface area contributed by atoms with E-state index in [9.17, 15) is 14.0 Å². The summed E-state index contributed by atoms with van der Waals surface area (Å²) in [4.78, 5) is 30.1. The van der Waals surface area contributed by atoms with E-state index in [1.54, 1.807) is 36.3 Å². The van der Waals surface area contributed by atoms with Gasteiger partial charge in [-0.2, -0.15) is 0 Å². The summed E-state index contributed by atoms with van der Waals surface area (Å²) in [5.41, 5.74) is 5.94. The Morgan fingerprint density at radius 1 is 0.900 bits per heavy atom. The maximum atomic E-state index is 14.3. The van der Waals surface area contributed by atoms with Crippen LogP contribution in [0.5, 0.6) is 5.75 Å². The highest BCUT2D eigenvalue weighted by Crippen LogP contribution is 2.48. The molecule has 1 N–H and O–H groups in total. The number of rotatable bonds is 4. The van der Waals surface area contributed by atoms with Crippen LogP contribution in [0.2, 0.25) is 0 Å². The molecule has 0 spiro atoms. The van der Waals surface area contributed by atoms with Gasteiger partial charge in [-0.25, -0.2) is 4.39 Å². The van der Waals surface area contributed by atoms with E-state index in [1.807, 2.05) is 67.6 Å². The topological polar surface area (TPSA) is 58.6 Å². The molecular formula is C34H29FN2O3. The van der Waals surface area contributed by atoms with Crippen LogP contribution in [0.4, 0.5) is 15.8 Å². The third-order valence-corrected chi connectivity index (χ3v) is 7.75. The molecule has 6 heteroatoms. The van der Waals surface area contributed by atoms with E-state index in [1.165, 1.54) is 12.1 Å². The smallest absolute Gasteiger partial charge is 0.259 e. The average Bonchev–Trinajstić information content (AvgIpc) is 3.12. The van der Waals surface area contributed by atoms with Gasteiger partial charge in [0.05, 0.1) is 24.5 Å². The standard InChI is InChI=1S/C34H29FN2O3/c1-21-8-17-28-30(18-21)37(34(39)24-6-4-3-5-7-24)33(23-9-13-26(35)14-10-23)32-29(36-28)19-25(20-31(32)38)22-11-15-27(40-2)16-12-22/h3-18,25,33,36H,19-20H2,1-2H3. The molecule has 0 bridgehead atoms. The summed E-state index contributed by atoms with van der Waals surface area (Å²) in [6.45, 7) is 1.97. The minimum absolute atomic E-state index is 0.0382. The molecule has 40 heavy (non-hydrogen) atoms. The number of nitrogens with one attached hydrogen (secondary N) is 1. The van der Waals surface area contributed by atoms with Crippen LogP contribution in [0.1, 0.15) is 51.8 Å². The van der Waals surface area contributed by atoms with Crippen molar-refractivity contribution in [2.75, 3.05) is 17.3 Å². The molecule has 6 rings (SSSR count). The number of fused-ring (bicyclic) bond motifs is 1. The number of anilines is 2. The lowest BCUT2D eigenvalue weighted by Gasteiger charge is -2.35. The van der Waals surface area contributed by atoms with Crippen LogP contribution in [0.15, 0.2) is 108 Å². The Balaban J connectivity index is 1.55. The van der Waals surface area contributed by atoms with Crippen molar-refractivity contribution < 1.29 is 18.7 Å². The first-order valence-corrected chi connectivity index (χ1v) is 13.3. The van der Waals surface area contributed by atoms with Crippen LogP contribution in [0.3, 0.4) is 0 Å². The monoisotopic (exact) mass is 532 g/mol. The van der Waals surface area contributed by atoms with Gasteiger partial charge in [0.2, 0.25) is 0 Å². The molecule has 0 aromatic heterocycles. The lowest BCUT2D eigenvalue weighted by molar-refractivity contribution is -0.116. The normalized spacial score (nSPS) is 18.4. The summed E-state index contributed by atoms with van der Waals surface area (Å²) in [6.07, 6.45) is 0.888.